The van der Waals surface area contributed by atoms with E-state index < -0.39 is 0 Å². The van der Waals surface area contributed by atoms with E-state index in [0.717, 1.165) is 17.3 Å². The Balaban J connectivity index is 1.56. The number of thioether (sulfide) groups is 1. The largest absolute Gasteiger partial charge is 0.300 e. The number of amidine groups is 1. The van der Waals surface area contributed by atoms with Crippen LogP contribution in [0.5, 0.6) is 0 Å². The average Bonchev–Trinajstić information content (AvgIpc) is 3.23. The van der Waals surface area contributed by atoms with Gasteiger partial charge < -0.3 is 5.32 Å². The minimum atomic E-state index is -0.359. The van der Waals surface area contributed by atoms with Crippen LogP contribution in [0.4, 0.5) is 9.52 Å². The maximum absolute atomic E-state index is 13.3. The molecule has 134 valence electrons. The van der Waals surface area contributed by atoms with Gasteiger partial charge in [-0.1, -0.05) is 53.3 Å². The lowest BCUT2D eigenvalue weighted by Gasteiger charge is -1.96. The average molecular weight is 417 g/mol. The van der Waals surface area contributed by atoms with Crippen molar-refractivity contribution < 1.29 is 9.18 Å². The number of carbonyl (C=O) groups excluding carboxylic acids is 1. The van der Waals surface area contributed by atoms with E-state index in [1.807, 2.05) is 18.2 Å². The molecule has 0 radical (unpaired) electrons. The van der Waals surface area contributed by atoms with Gasteiger partial charge in [-0.3, -0.25) is 4.79 Å². The minimum Gasteiger partial charge on any atom is -0.300 e. The molecule has 5 nitrogen and oxygen atoms in total. The first-order chi connectivity index (χ1) is 13.1. The van der Waals surface area contributed by atoms with E-state index in [9.17, 15) is 9.18 Å². The molecule has 1 aromatic heterocycles. The van der Waals surface area contributed by atoms with Crippen LogP contribution in [-0.4, -0.2) is 21.3 Å². The highest BCUT2D eigenvalue weighted by Crippen LogP contribution is 2.34. The number of benzene rings is 2. The molecule has 0 aliphatic carbocycles. The standard InChI is InChI=1S/C18H10ClFN4OS2/c19-13-7-2-1-6-12(13)16-23-24-18(27-16)22-17-21-15(25)14(26-17)9-10-4-3-5-11(20)8-10/h1-9H,(H,21,22,24,25). The van der Waals surface area contributed by atoms with Crippen LogP contribution in [-0.2, 0) is 4.79 Å². The molecular weight excluding hydrogens is 407 g/mol. The number of halogens is 2. The Labute approximate surface area is 167 Å². The van der Waals surface area contributed by atoms with Crippen molar-refractivity contribution in [2.45, 2.75) is 0 Å². The van der Waals surface area contributed by atoms with Crippen LogP contribution in [0, 0.1) is 5.82 Å². The predicted molar refractivity (Wildman–Crippen MR) is 108 cm³/mol. The van der Waals surface area contributed by atoms with E-state index in [0.29, 0.717) is 30.8 Å². The first-order valence-electron chi connectivity index (χ1n) is 7.72. The van der Waals surface area contributed by atoms with Gasteiger partial charge in [0.05, 0.1) is 9.93 Å². The summed E-state index contributed by atoms with van der Waals surface area (Å²) in [5.74, 6) is -0.651. The number of hydrogen-bond acceptors (Lipinski definition) is 6. The summed E-state index contributed by atoms with van der Waals surface area (Å²) in [6, 6.07) is 13.4. The molecule has 1 fully saturated rings. The molecule has 4 rings (SSSR count). The number of rotatable bonds is 3. The van der Waals surface area contributed by atoms with Gasteiger partial charge in [0, 0.05) is 5.56 Å². The Morgan fingerprint density at radius 2 is 2.00 bits per heavy atom. The second kappa shape index (κ2) is 7.59. The summed E-state index contributed by atoms with van der Waals surface area (Å²) in [5.41, 5.74) is 1.38. The van der Waals surface area contributed by atoms with Gasteiger partial charge in [-0.2, -0.15) is 4.99 Å². The topological polar surface area (TPSA) is 67.2 Å². The molecule has 0 bridgehead atoms. The molecule has 2 aromatic carbocycles. The smallest absolute Gasteiger partial charge is 0.264 e. The zero-order valence-electron chi connectivity index (χ0n) is 13.5. The Hall–Kier alpha value is -2.55. The number of aromatic nitrogens is 2. The summed E-state index contributed by atoms with van der Waals surface area (Å²) in [7, 11) is 0. The number of amides is 1. The number of nitrogens with one attached hydrogen (secondary N) is 1. The van der Waals surface area contributed by atoms with Crippen LogP contribution in [0.2, 0.25) is 5.02 Å². The van der Waals surface area contributed by atoms with Crippen molar-refractivity contribution in [1.82, 2.24) is 15.5 Å². The highest BCUT2D eigenvalue weighted by Gasteiger charge is 2.24. The Kier molecular flexibility index (Phi) is 5.02. The first-order valence-corrected chi connectivity index (χ1v) is 9.73. The van der Waals surface area contributed by atoms with Gasteiger partial charge in [-0.25, -0.2) is 4.39 Å². The molecule has 1 N–H and O–H groups in total. The highest BCUT2D eigenvalue weighted by atomic mass is 35.5. The normalized spacial score (nSPS) is 16.9. The fourth-order valence-corrected chi connectivity index (χ4v) is 4.24. The van der Waals surface area contributed by atoms with Crippen LogP contribution in [0.25, 0.3) is 16.6 Å². The number of hydrogen-bond donors (Lipinski definition) is 1. The molecule has 1 aliphatic heterocycles. The molecule has 0 unspecified atom stereocenters. The Morgan fingerprint density at radius 1 is 1.15 bits per heavy atom. The number of aliphatic imine (C=N–C) groups is 1. The van der Waals surface area contributed by atoms with Crippen molar-refractivity contribution >= 4 is 57.0 Å². The van der Waals surface area contributed by atoms with Gasteiger partial charge in [-0.15, -0.1) is 10.2 Å². The summed E-state index contributed by atoms with van der Waals surface area (Å²) in [6.45, 7) is 0. The summed E-state index contributed by atoms with van der Waals surface area (Å²) in [4.78, 5) is 16.9. The summed E-state index contributed by atoms with van der Waals surface area (Å²) >= 11 is 8.60. The predicted octanol–water partition coefficient (Wildman–Crippen LogP) is 4.89. The van der Waals surface area contributed by atoms with E-state index in [4.69, 9.17) is 11.6 Å². The van der Waals surface area contributed by atoms with Crippen molar-refractivity contribution in [1.29, 1.82) is 0 Å². The molecule has 0 atom stereocenters. The molecule has 0 saturated carbocycles. The molecular formula is C18H10ClFN4OS2. The molecule has 3 aromatic rings. The zero-order valence-corrected chi connectivity index (χ0v) is 15.9. The SMILES string of the molecule is O=C1NC(=Nc2nnc(-c3ccccc3Cl)s2)SC1=Cc1cccc(F)c1. The van der Waals surface area contributed by atoms with Gasteiger partial charge in [0.1, 0.15) is 5.82 Å². The van der Waals surface area contributed by atoms with Gasteiger partial charge >= 0.3 is 0 Å². The lowest BCUT2D eigenvalue weighted by atomic mass is 10.2. The molecule has 2 heterocycles. The van der Waals surface area contributed by atoms with E-state index in [2.05, 4.69) is 20.5 Å². The van der Waals surface area contributed by atoms with Crippen molar-refractivity contribution in [3.63, 3.8) is 0 Å². The van der Waals surface area contributed by atoms with Gasteiger partial charge in [-0.05, 0) is 41.6 Å². The molecule has 1 aliphatic rings. The van der Waals surface area contributed by atoms with Gasteiger partial charge in [0.25, 0.3) is 5.91 Å². The van der Waals surface area contributed by atoms with Crippen LogP contribution < -0.4 is 5.32 Å². The van der Waals surface area contributed by atoms with E-state index in [1.54, 1.807) is 24.3 Å². The third kappa shape index (κ3) is 4.08. The summed E-state index contributed by atoms with van der Waals surface area (Å²) < 4.78 is 13.3. The lowest BCUT2D eigenvalue weighted by Crippen LogP contribution is -2.19. The lowest BCUT2D eigenvalue weighted by molar-refractivity contribution is -0.115. The summed E-state index contributed by atoms with van der Waals surface area (Å²) in [5, 5.41) is 12.8. The minimum absolute atomic E-state index is 0.293. The molecule has 1 saturated heterocycles. The van der Waals surface area contributed by atoms with Crippen LogP contribution >= 0.6 is 34.7 Å². The zero-order chi connectivity index (χ0) is 18.8. The monoisotopic (exact) mass is 416 g/mol. The second-order valence-electron chi connectivity index (χ2n) is 5.41. The third-order valence-electron chi connectivity index (χ3n) is 3.51. The van der Waals surface area contributed by atoms with Crippen LogP contribution in [0.3, 0.4) is 0 Å². The van der Waals surface area contributed by atoms with Crippen molar-refractivity contribution in [3.8, 4) is 10.6 Å². The third-order valence-corrected chi connectivity index (χ3v) is 5.60. The molecule has 27 heavy (non-hydrogen) atoms. The Morgan fingerprint density at radius 3 is 2.81 bits per heavy atom. The number of nitrogens with zero attached hydrogens (tertiary/aromatic N) is 3. The maximum Gasteiger partial charge on any atom is 0.264 e. The summed E-state index contributed by atoms with van der Waals surface area (Å²) in [6.07, 6.45) is 1.61. The highest BCUT2D eigenvalue weighted by molar-refractivity contribution is 8.18. The van der Waals surface area contributed by atoms with Crippen LogP contribution in [0.15, 0.2) is 58.4 Å². The van der Waals surface area contributed by atoms with E-state index in [-0.39, 0.29) is 11.7 Å². The van der Waals surface area contributed by atoms with E-state index in [1.165, 1.54) is 23.5 Å². The first kappa shape index (κ1) is 17.8. The fraction of sp³-hybridized carbons (Fsp3) is 0. The van der Waals surface area contributed by atoms with Crippen molar-refractivity contribution in [2.24, 2.45) is 4.99 Å². The molecule has 1 amide bonds. The maximum atomic E-state index is 13.3. The second-order valence-corrected chi connectivity index (χ2v) is 7.80. The molecule has 0 spiro atoms. The van der Waals surface area contributed by atoms with Gasteiger partial charge in [0.15, 0.2) is 10.2 Å². The van der Waals surface area contributed by atoms with E-state index >= 15 is 0 Å². The number of carbonyl (C=O) groups is 1. The molecule has 9 heteroatoms. The quantitative estimate of drug-likeness (QED) is 0.617. The van der Waals surface area contributed by atoms with Crippen molar-refractivity contribution in [3.05, 3.63) is 69.8 Å². The fourth-order valence-electron chi connectivity index (χ4n) is 2.32. The van der Waals surface area contributed by atoms with Gasteiger partial charge in [0.2, 0.25) is 5.13 Å². The van der Waals surface area contributed by atoms with Crippen LogP contribution in [0.1, 0.15) is 5.56 Å². The van der Waals surface area contributed by atoms with Crippen molar-refractivity contribution in [2.75, 3.05) is 0 Å². The Bertz CT molecular complexity index is 1100.